The van der Waals surface area contributed by atoms with Crippen LogP contribution in [0.25, 0.3) is 0 Å². The standard InChI is InChI=1S/C21H30N4O3S/c1-27-10-8-22-21(26)17-12-23-24-20(17)16-5-4-9-25(14-16)13-15-6-7-19(29-3)18(11-15)28-2/h6-7,11-12,16H,4-5,8-10,13-14H2,1-3H3,(H,22,26)(H,23,24)/t16-/m0/s1. The van der Waals surface area contributed by atoms with Crippen LogP contribution in [0.4, 0.5) is 0 Å². The number of aromatic nitrogens is 2. The summed E-state index contributed by atoms with van der Waals surface area (Å²) < 4.78 is 10.5. The number of methoxy groups -OCH3 is 2. The van der Waals surface area contributed by atoms with E-state index in [9.17, 15) is 4.79 Å². The molecule has 1 fully saturated rings. The molecular weight excluding hydrogens is 388 g/mol. The summed E-state index contributed by atoms with van der Waals surface area (Å²) in [5, 5.41) is 10.1. The lowest BCUT2D eigenvalue weighted by Crippen LogP contribution is -2.35. The van der Waals surface area contributed by atoms with Crippen molar-refractivity contribution in [2.24, 2.45) is 0 Å². The molecule has 2 N–H and O–H groups in total. The highest BCUT2D eigenvalue weighted by Crippen LogP contribution is 2.31. The second-order valence-electron chi connectivity index (χ2n) is 7.21. The van der Waals surface area contributed by atoms with Crippen LogP contribution in [0.1, 0.15) is 40.4 Å². The summed E-state index contributed by atoms with van der Waals surface area (Å²) >= 11 is 1.69. The summed E-state index contributed by atoms with van der Waals surface area (Å²) in [5.41, 5.74) is 2.81. The van der Waals surface area contributed by atoms with Gasteiger partial charge in [-0.15, -0.1) is 11.8 Å². The van der Waals surface area contributed by atoms with E-state index in [2.05, 4.69) is 44.9 Å². The van der Waals surface area contributed by atoms with Gasteiger partial charge in [-0.25, -0.2) is 0 Å². The summed E-state index contributed by atoms with van der Waals surface area (Å²) in [6.45, 7) is 3.80. The fourth-order valence-electron chi connectivity index (χ4n) is 3.82. The number of benzene rings is 1. The lowest BCUT2D eigenvalue weighted by atomic mass is 9.92. The monoisotopic (exact) mass is 418 g/mol. The Balaban J connectivity index is 1.66. The van der Waals surface area contributed by atoms with Gasteiger partial charge < -0.3 is 14.8 Å². The van der Waals surface area contributed by atoms with Crippen molar-refractivity contribution in [1.29, 1.82) is 0 Å². The summed E-state index contributed by atoms with van der Waals surface area (Å²) in [6, 6.07) is 6.42. The van der Waals surface area contributed by atoms with Crippen LogP contribution in [0.5, 0.6) is 5.75 Å². The second-order valence-corrected chi connectivity index (χ2v) is 8.06. The number of thioether (sulfide) groups is 1. The molecule has 3 rings (SSSR count). The van der Waals surface area contributed by atoms with E-state index in [-0.39, 0.29) is 11.8 Å². The Morgan fingerprint density at radius 3 is 3.03 bits per heavy atom. The number of amides is 1. The van der Waals surface area contributed by atoms with Gasteiger partial charge in [0.25, 0.3) is 5.91 Å². The summed E-state index contributed by atoms with van der Waals surface area (Å²) in [5.74, 6) is 1.09. The minimum atomic E-state index is -0.0969. The van der Waals surface area contributed by atoms with E-state index >= 15 is 0 Å². The third-order valence-corrected chi connectivity index (χ3v) is 6.05. The maximum absolute atomic E-state index is 12.5. The highest BCUT2D eigenvalue weighted by atomic mass is 32.2. The third-order valence-electron chi connectivity index (χ3n) is 5.27. The van der Waals surface area contributed by atoms with E-state index in [1.54, 1.807) is 32.2 Å². The minimum absolute atomic E-state index is 0.0969. The van der Waals surface area contributed by atoms with Crippen molar-refractivity contribution in [2.45, 2.75) is 30.2 Å². The van der Waals surface area contributed by atoms with Crippen LogP contribution >= 0.6 is 11.8 Å². The van der Waals surface area contributed by atoms with Crippen molar-refractivity contribution >= 4 is 17.7 Å². The zero-order valence-electron chi connectivity index (χ0n) is 17.4. The number of carbonyl (C=O) groups excluding carboxylic acids is 1. The fourth-order valence-corrected chi connectivity index (χ4v) is 4.37. The number of hydrogen-bond acceptors (Lipinski definition) is 6. The van der Waals surface area contributed by atoms with Crippen LogP contribution in [0, 0.1) is 0 Å². The SMILES string of the molecule is COCCNC(=O)c1cn[nH]c1[C@H]1CCCN(Cc2ccc(SC)c(OC)c2)C1. The number of likely N-dealkylation sites (tertiary alicyclic amines) is 1. The first kappa shape index (κ1) is 21.7. The number of nitrogens with zero attached hydrogens (tertiary/aromatic N) is 2. The molecule has 0 saturated carbocycles. The van der Waals surface area contributed by atoms with Gasteiger partial charge in [-0.05, 0) is 43.3 Å². The molecule has 0 bridgehead atoms. The molecule has 1 aliphatic rings. The molecule has 2 heterocycles. The van der Waals surface area contributed by atoms with E-state index < -0.39 is 0 Å². The van der Waals surface area contributed by atoms with Gasteiger partial charge in [0.15, 0.2) is 0 Å². The molecule has 7 nitrogen and oxygen atoms in total. The zero-order chi connectivity index (χ0) is 20.6. The molecule has 1 aromatic heterocycles. The van der Waals surface area contributed by atoms with Gasteiger partial charge in [-0.2, -0.15) is 5.10 Å². The molecule has 29 heavy (non-hydrogen) atoms. The predicted octanol–water partition coefficient (Wildman–Crippen LogP) is 2.90. The molecule has 2 aromatic rings. The first-order valence-electron chi connectivity index (χ1n) is 9.90. The molecule has 0 radical (unpaired) electrons. The summed E-state index contributed by atoms with van der Waals surface area (Å²) in [4.78, 5) is 16.1. The van der Waals surface area contributed by atoms with E-state index in [0.29, 0.717) is 18.7 Å². The Kier molecular flexibility index (Phi) is 7.97. The maximum atomic E-state index is 12.5. The van der Waals surface area contributed by atoms with Crippen molar-refractivity contribution in [1.82, 2.24) is 20.4 Å². The second kappa shape index (κ2) is 10.7. The number of hydrogen-bond donors (Lipinski definition) is 2. The number of nitrogens with one attached hydrogen (secondary N) is 2. The average Bonchev–Trinajstić information content (AvgIpc) is 3.24. The van der Waals surface area contributed by atoms with Gasteiger partial charge in [-0.3, -0.25) is 14.8 Å². The van der Waals surface area contributed by atoms with Crippen molar-refractivity contribution in [2.75, 3.05) is 46.7 Å². The Morgan fingerprint density at radius 1 is 1.41 bits per heavy atom. The van der Waals surface area contributed by atoms with Gasteiger partial charge in [0.1, 0.15) is 5.75 Å². The topological polar surface area (TPSA) is 79.5 Å². The summed E-state index contributed by atoms with van der Waals surface area (Å²) in [6.07, 6.45) is 5.82. The quantitative estimate of drug-likeness (QED) is 0.482. The van der Waals surface area contributed by atoms with Crippen LogP contribution in [-0.4, -0.2) is 67.7 Å². The average molecular weight is 419 g/mol. The molecular formula is C21H30N4O3S. The van der Waals surface area contributed by atoms with Crippen LogP contribution < -0.4 is 10.1 Å². The van der Waals surface area contributed by atoms with Gasteiger partial charge in [-0.1, -0.05) is 6.07 Å². The van der Waals surface area contributed by atoms with Crippen LogP contribution in [-0.2, 0) is 11.3 Å². The lowest BCUT2D eigenvalue weighted by Gasteiger charge is -2.32. The van der Waals surface area contributed by atoms with Crippen molar-refractivity contribution in [3.05, 3.63) is 41.2 Å². The molecule has 0 aliphatic carbocycles. The Labute approximate surface area is 176 Å². The van der Waals surface area contributed by atoms with Crippen molar-refractivity contribution < 1.29 is 14.3 Å². The Morgan fingerprint density at radius 2 is 2.28 bits per heavy atom. The fraction of sp³-hybridized carbons (Fsp3) is 0.524. The van der Waals surface area contributed by atoms with Gasteiger partial charge >= 0.3 is 0 Å². The minimum Gasteiger partial charge on any atom is -0.496 e. The normalized spacial score (nSPS) is 17.3. The molecule has 1 atom stereocenters. The van der Waals surface area contributed by atoms with Gasteiger partial charge in [0, 0.05) is 37.6 Å². The predicted molar refractivity (Wildman–Crippen MR) is 115 cm³/mol. The maximum Gasteiger partial charge on any atom is 0.254 e. The number of piperidine rings is 1. The van der Waals surface area contributed by atoms with Crippen LogP contribution in [0.15, 0.2) is 29.3 Å². The van der Waals surface area contributed by atoms with E-state index in [4.69, 9.17) is 9.47 Å². The van der Waals surface area contributed by atoms with Crippen LogP contribution in [0.2, 0.25) is 0 Å². The zero-order valence-corrected chi connectivity index (χ0v) is 18.2. The third kappa shape index (κ3) is 5.52. The first-order chi connectivity index (χ1) is 14.2. The lowest BCUT2D eigenvalue weighted by molar-refractivity contribution is 0.0934. The Bertz CT molecular complexity index is 811. The largest absolute Gasteiger partial charge is 0.496 e. The number of ether oxygens (including phenoxy) is 2. The number of aromatic amines is 1. The Hall–Kier alpha value is -2.03. The van der Waals surface area contributed by atoms with Gasteiger partial charge in [0.05, 0.1) is 31.2 Å². The van der Waals surface area contributed by atoms with Crippen molar-refractivity contribution in [3.63, 3.8) is 0 Å². The molecule has 158 valence electrons. The smallest absolute Gasteiger partial charge is 0.254 e. The molecule has 1 saturated heterocycles. The number of rotatable bonds is 9. The number of carbonyl (C=O) groups is 1. The molecule has 0 unspecified atom stereocenters. The highest BCUT2D eigenvalue weighted by Gasteiger charge is 2.27. The first-order valence-corrected chi connectivity index (χ1v) is 11.1. The highest BCUT2D eigenvalue weighted by molar-refractivity contribution is 7.98. The molecule has 1 aromatic carbocycles. The van der Waals surface area contributed by atoms with E-state index in [0.717, 1.165) is 48.8 Å². The van der Waals surface area contributed by atoms with E-state index in [1.807, 2.05) is 0 Å². The summed E-state index contributed by atoms with van der Waals surface area (Å²) in [7, 11) is 3.34. The van der Waals surface area contributed by atoms with Gasteiger partial charge in [0.2, 0.25) is 0 Å². The molecule has 1 aliphatic heterocycles. The van der Waals surface area contributed by atoms with Crippen molar-refractivity contribution in [3.8, 4) is 5.75 Å². The van der Waals surface area contributed by atoms with Crippen LogP contribution in [0.3, 0.4) is 0 Å². The molecule has 0 spiro atoms. The molecule has 8 heteroatoms. The van der Waals surface area contributed by atoms with E-state index in [1.165, 1.54) is 5.56 Å². The number of H-pyrrole nitrogens is 1. The molecule has 1 amide bonds.